The third-order valence-corrected chi connectivity index (χ3v) is 2.72. The number of hydrogen-bond donors (Lipinski definition) is 1. The molecular formula is C10H19NO3. The third-order valence-electron chi connectivity index (χ3n) is 2.72. The number of amides is 1. The molecule has 0 aromatic rings. The van der Waals surface area contributed by atoms with Crippen LogP contribution in [0.25, 0.3) is 0 Å². The monoisotopic (exact) mass is 201 g/mol. The van der Waals surface area contributed by atoms with Crippen LogP contribution in [0.5, 0.6) is 0 Å². The van der Waals surface area contributed by atoms with Crippen molar-refractivity contribution in [1.29, 1.82) is 0 Å². The van der Waals surface area contributed by atoms with Gasteiger partial charge in [-0.15, -0.1) is 0 Å². The molecule has 0 aromatic carbocycles. The summed E-state index contributed by atoms with van der Waals surface area (Å²) in [6, 6.07) is -0.770. The molecule has 0 radical (unpaired) electrons. The lowest BCUT2D eigenvalue weighted by molar-refractivity contribution is -0.152. The van der Waals surface area contributed by atoms with Crippen LogP contribution in [0.3, 0.4) is 0 Å². The van der Waals surface area contributed by atoms with Gasteiger partial charge in [-0.2, -0.15) is 0 Å². The van der Waals surface area contributed by atoms with Gasteiger partial charge in [-0.1, -0.05) is 20.8 Å². The molecule has 0 aromatic heterocycles. The number of carbonyl (C=O) groups excluding carboxylic acids is 1. The number of carbonyl (C=O) groups is 2. The summed E-state index contributed by atoms with van der Waals surface area (Å²) in [5.41, 5.74) is -0.488. The maximum atomic E-state index is 11.8. The van der Waals surface area contributed by atoms with Crippen LogP contribution in [0.2, 0.25) is 0 Å². The number of carboxylic acid groups (broad SMARTS) is 1. The highest BCUT2D eigenvalue weighted by molar-refractivity contribution is 5.86. The molecule has 0 aliphatic rings. The Bertz CT molecular complexity index is 236. The van der Waals surface area contributed by atoms with Gasteiger partial charge in [0.25, 0.3) is 0 Å². The molecule has 4 nitrogen and oxygen atoms in total. The molecule has 82 valence electrons. The van der Waals surface area contributed by atoms with E-state index < -0.39 is 17.4 Å². The lowest BCUT2D eigenvalue weighted by Gasteiger charge is -2.30. The minimum Gasteiger partial charge on any atom is -0.480 e. The fourth-order valence-corrected chi connectivity index (χ4v) is 0.970. The van der Waals surface area contributed by atoms with Crippen molar-refractivity contribution in [3.8, 4) is 0 Å². The van der Waals surface area contributed by atoms with Crippen LogP contribution >= 0.6 is 0 Å². The Morgan fingerprint density at radius 2 is 1.86 bits per heavy atom. The molecule has 0 bridgehead atoms. The Morgan fingerprint density at radius 1 is 1.43 bits per heavy atom. The molecule has 0 rings (SSSR count). The standard InChI is InChI=1S/C10H19NO3/c1-6-10(3,4)9(14)11(5)7(2)8(12)13/h7H,6H2,1-5H3,(H,12,13). The van der Waals surface area contributed by atoms with Gasteiger partial charge in [0.05, 0.1) is 0 Å². The largest absolute Gasteiger partial charge is 0.480 e. The van der Waals surface area contributed by atoms with Crippen LogP contribution in [0.1, 0.15) is 34.1 Å². The average molecular weight is 201 g/mol. The number of likely N-dealkylation sites (N-methyl/N-ethyl adjacent to an activating group) is 1. The summed E-state index contributed by atoms with van der Waals surface area (Å²) in [7, 11) is 1.53. The Balaban J connectivity index is 4.63. The molecule has 0 saturated carbocycles. The van der Waals surface area contributed by atoms with Gasteiger partial charge < -0.3 is 10.0 Å². The fraction of sp³-hybridized carbons (Fsp3) is 0.800. The van der Waals surface area contributed by atoms with E-state index in [-0.39, 0.29) is 5.91 Å². The van der Waals surface area contributed by atoms with Gasteiger partial charge in [-0.25, -0.2) is 4.79 Å². The van der Waals surface area contributed by atoms with Crippen molar-refractivity contribution in [2.75, 3.05) is 7.05 Å². The Morgan fingerprint density at radius 3 is 2.14 bits per heavy atom. The predicted octanol–water partition coefficient (Wildman–Crippen LogP) is 1.35. The van der Waals surface area contributed by atoms with Crippen LogP contribution in [0, 0.1) is 5.41 Å². The van der Waals surface area contributed by atoms with Gasteiger partial charge in [0, 0.05) is 12.5 Å². The van der Waals surface area contributed by atoms with Crippen molar-refractivity contribution in [2.24, 2.45) is 5.41 Å². The summed E-state index contributed by atoms with van der Waals surface area (Å²) >= 11 is 0. The summed E-state index contributed by atoms with van der Waals surface area (Å²) in [6.45, 7) is 7.06. The summed E-state index contributed by atoms with van der Waals surface area (Å²) in [6.07, 6.45) is 0.697. The molecule has 0 aliphatic heterocycles. The molecule has 14 heavy (non-hydrogen) atoms. The first-order valence-corrected chi connectivity index (χ1v) is 4.74. The first-order valence-electron chi connectivity index (χ1n) is 4.74. The molecule has 0 spiro atoms. The average Bonchev–Trinajstić information content (AvgIpc) is 2.14. The minimum absolute atomic E-state index is 0.130. The molecule has 1 amide bonds. The second-order valence-corrected chi connectivity index (χ2v) is 4.17. The molecule has 1 N–H and O–H groups in total. The first-order chi connectivity index (χ1) is 6.24. The van der Waals surface area contributed by atoms with E-state index in [1.165, 1.54) is 18.9 Å². The summed E-state index contributed by atoms with van der Waals surface area (Å²) in [4.78, 5) is 23.8. The number of nitrogens with zero attached hydrogens (tertiary/aromatic N) is 1. The third kappa shape index (κ3) is 2.72. The lowest BCUT2D eigenvalue weighted by atomic mass is 9.88. The Hall–Kier alpha value is -1.06. The van der Waals surface area contributed by atoms with Gasteiger partial charge in [0.15, 0.2) is 0 Å². The van der Waals surface area contributed by atoms with E-state index in [0.717, 1.165) is 0 Å². The number of carboxylic acids is 1. The van der Waals surface area contributed by atoms with E-state index in [0.29, 0.717) is 6.42 Å². The summed E-state index contributed by atoms with van der Waals surface area (Å²) in [5.74, 6) is -1.11. The zero-order valence-electron chi connectivity index (χ0n) is 9.50. The Kier molecular flexibility index (Phi) is 4.10. The molecule has 0 fully saturated rings. The van der Waals surface area contributed by atoms with E-state index in [2.05, 4.69) is 0 Å². The number of hydrogen-bond acceptors (Lipinski definition) is 2. The summed E-state index contributed by atoms with van der Waals surface area (Å²) < 4.78 is 0. The van der Waals surface area contributed by atoms with E-state index in [1.807, 2.05) is 20.8 Å². The van der Waals surface area contributed by atoms with Crippen molar-refractivity contribution < 1.29 is 14.7 Å². The van der Waals surface area contributed by atoms with Crippen molar-refractivity contribution in [3.05, 3.63) is 0 Å². The molecule has 0 aliphatic carbocycles. The van der Waals surface area contributed by atoms with E-state index in [9.17, 15) is 9.59 Å². The highest BCUT2D eigenvalue weighted by Crippen LogP contribution is 2.23. The minimum atomic E-state index is -0.979. The second-order valence-electron chi connectivity index (χ2n) is 4.17. The predicted molar refractivity (Wildman–Crippen MR) is 53.9 cm³/mol. The van der Waals surface area contributed by atoms with Gasteiger partial charge in [0.1, 0.15) is 6.04 Å². The van der Waals surface area contributed by atoms with Crippen molar-refractivity contribution in [2.45, 2.75) is 40.2 Å². The number of rotatable bonds is 4. The van der Waals surface area contributed by atoms with Gasteiger partial charge >= 0.3 is 5.97 Å². The fourth-order valence-electron chi connectivity index (χ4n) is 0.970. The van der Waals surface area contributed by atoms with Crippen LogP contribution in [-0.2, 0) is 9.59 Å². The molecule has 1 atom stereocenters. The molecule has 0 saturated heterocycles. The lowest BCUT2D eigenvalue weighted by Crippen LogP contribution is -2.46. The zero-order valence-corrected chi connectivity index (χ0v) is 9.50. The van der Waals surface area contributed by atoms with Gasteiger partial charge in [-0.3, -0.25) is 4.79 Å². The van der Waals surface area contributed by atoms with Crippen molar-refractivity contribution >= 4 is 11.9 Å². The van der Waals surface area contributed by atoms with Crippen LogP contribution in [0.4, 0.5) is 0 Å². The van der Waals surface area contributed by atoms with Crippen LogP contribution in [0.15, 0.2) is 0 Å². The van der Waals surface area contributed by atoms with Crippen molar-refractivity contribution in [1.82, 2.24) is 4.90 Å². The van der Waals surface area contributed by atoms with Crippen LogP contribution in [-0.4, -0.2) is 35.0 Å². The highest BCUT2D eigenvalue weighted by Gasteiger charge is 2.32. The van der Waals surface area contributed by atoms with E-state index >= 15 is 0 Å². The Labute approximate surface area is 84.9 Å². The quantitative estimate of drug-likeness (QED) is 0.747. The molecular weight excluding hydrogens is 182 g/mol. The van der Waals surface area contributed by atoms with Gasteiger partial charge in [-0.05, 0) is 13.3 Å². The SMILES string of the molecule is CCC(C)(C)C(=O)N(C)C(C)C(=O)O. The smallest absolute Gasteiger partial charge is 0.326 e. The molecule has 4 heteroatoms. The van der Waals surface area contributed by atoms with E-state index in [1.54, 1.807) is 0 Å². The first kappa shape index (κ1) is 12.9. The zero-order chi connectivity index (χ0) is 11.5. The molecule has 1 unspecified atom stereocenters. The number of aliphatic carboxylic acids is 1. The van der Waals surface area contributed by atoms with Crippen molar-refractivity contribution in [3.63, 3.8) is 0 Å². The topological polar surface area (TPSA) is 57.6 Å². The maximum absolute atomic E-state index is 11.8. The van der Waals surface area contributed by atoms with E-state index in [4.69, 9.17) is 5.11 Å². The van der Waals surface area contributed by atoms with Crippen LogP contribution < -0.4 is 0 Å². The van der Waals surface area contributed by atoms with Gasteiger partial charge in [0.2, 0.25) is 5.91 Å². The highest BCUT2D eigenvalue weighted by atomic mass is 16.4. The summed E-state index contributed by atoms with van der Waals surface area (Å²) in [5, 5.41) is 8.75. The maximum Gasteiger partial charge on any atom is 0.326 e. The normalized spacial score (nSPS) is 13.5. The molecule has 0 heterocycles. The second kappa shape index (κ2) is 4.44.